The topological polar surface area (TPSA) is 9.23 Å². The second kappa shape index (κ2) is 8.33. The van der Waals surface area contributed by atoms with E-state index in [1.165, 1.54) is 11.1 Å². The van der Waals surface area contributed by atoms with Crippen molar-refractivity contribution in [3.63, 3.8) is 0 Å². The van der Waals surface area contributed by atoms with E-state index in [4.69, 9.17) is 16.3 Å². The van der Waals surface area contributed by atoms with Crippen LogP contribution >= 0.6 is 27.5 Å². The quantitative estimate of drug-likeness (QED) is 0.485. The van der Waals surface area contributed by atoms with Gasteiger partial charge in [-0.25, -0.2) is 0 Å². The molecule has 0 atom stereocenters. The Balaban J connectivity index is 1.96. The van der Waals surface area contributed by atoms with E-state index in [1.54, 1.807) is 0 Å². The first kappa shape index (κ1) is 15.4. The van der Waals surface area contributed by atoms with Crippen LogP contribution in [0.4, 0.5) is 0 Å². The zero-order valence-electron chi connectivity index (χ0n) is 11.3. The van der Waals surface area contributed by atoms with Crippen LogP contribution in [0.2, 0.25) is 5.02 Å². The molecule has 20 heavy (non-hydrogen) atoms. The molecule has 0 aromatic heterocycles. The van der Waals surface area contributed by atoms with E-state index in [0.29, 0.717) is 0 Å². The highest BCUT2D eigenvalue weighted by molar-refractivity contribution is 9.09. The van der Waals surface area contributed by atoms with Crippen LogP contribution < -0.4 is 4.74 Å². The molecule has 106 valence electrons. The van der Waals surface area contributed by atoms with Crippen LogP contribution in [0.3, 0.4) is 0 Å². The number of rotatable bonds is 7. The summed E-state index contributed by atoms with van der Waals surface area (Å²) < 4.78 is 5.83. The van der Waals surface area contributed by atoms with Crippen molar-refractivity contribution >= 4 is 27.5 Å². The van der Waals surface area contributed by atoms with E-state index < -0.39 is 0 Å². The van der Waals surface area contributed by atoms with Gasteiger partial charge < -0.3 is 4.74 Å². The van der Waals surface area contributed by atoms with Crippen molar-refractivity contribution in [1.82, 2.24) is 0 Å². The van der Waals surface area contributed by atoms with Gasteiger partial charge in [-0.1, -0.05) is 57.9 Å². The van der Waals surface area contributed by atoms with Gasteiger partial charge in [0.25, 0.3) is 0 Å². The molecule has 0 aliphatic heterocycles. The van der Waals surface area contributed by atoms with Crippen molar-refractivity contribution in [1.29, 1.82) is 0 Å². The van der Waals surface area contributed by atoms with Gasteiger partial charge in [-0.2, -0.15) is 0 Å². The number of alkyl halides is 1. The molecule has 3 heteroatoms. The number of hydrogen-bond acceptors (Lipinski definition) is 1. The van der Waals surface area contributed by atoms with E-state index in [2.05, 4.69) is 40.2 Å². The van der Waals surface area contributed by atoms with Gasteiger partial charge in [0.1, 0.15) is 5.75 Å². The fourth-order valence-corrected chi connectivity index (χ4v) is 2.37. The molecule has 2 rings (SSSR count). The number of para-hydroxylation sites is 1. The summed E-state index contributed by atoms with van der Waals surface area (Å²) in [5.74, 6) is 1.00. The number of aryl methyl sites for hydroxylation is 2. The SMILES string of the molecule is Clc1ccc(CCc2ccccc2OCCCBr)cc1. The molecule has 0 fully saturated rings. The average Bonchev–Trinajstić information content (AvgIpc) is 2.48. The maximum Gasteiger partial charge on any atom is 0.122 e. The van der Waals surface area contributed by atoms with Gasteiger partial charge in [-0.3, -0.25) is 0 Å². The Morgan fingerprint density at radius 1 is 0.950 bits per heavy atom. The molecule has 0 saturated heterocycles. The van der Waals surface area contributed by atoms with E-state index in [9.17, 15) is 0 Å². The van der Waals surface area contributed by atoms with Gasteiger partial charge in [0, 0.05) is 10.4 Å². The highest BCUT2D eigenvalue weighted by Gasteiger charge is 2.03. The number of hydrogen-bond donors (Lipinski definition) is 0. The fraction of sp³-hybridized carbons (Fsp3) is 0.294. The zero-order chi connectivity index (χ0) is 14.2. The summed E-state index contributed by atoms with van der Waals surface area (Å²) in [7, 11) is 0. The molecule has 0 heterocycles. The lowest BCUT2D eigenvalue weighted by Crippen LogP contribution is -2.01. The lowest BCUT2D eigenvalue weighted by molar-refractivity contribution is 0.316. The third-order valence-electron chi connectivity index (χ3n) is 3.10. The molecular weight excluding hydrogens is 336 g/mol. The number of ether oxygens (including phenoxy) is 1. The molecule has 0 aliphatic carbocycles. The van der Waals surface area contributed by atoms with Crippen molar-refractivity contribution in [2.45, 2.75) is 19.3 Å². The molecule has 0 unspecified atom stereocenters. The second-order valence-corrected chi connectivity index (χ2v) is 5.85. The van der Waals surface area contributed by atoms with Gasteiger partial charge in [-0.05, 0) is 48.6 Å². The molecule has 0 N–H and O–H groups in total. The van der Waals surface area contributed by atoms with Crippen molar-refractivity contribution < 1.29 is 4.74 Å². The number of halogens is 2. The fourth-order valence-electron chi connectivity index (χ4n) is 2.02. The van der Waals surface area contributed by atoms with Crippen molar-refractivity contribution in [3.8, 4) is 5.75 Å². The van der Waals surface area contributed by atoms with E-state index in [0.717, 1.165) is 42.0 Å². The number of benzene rings is 2. The van der Waals surface area contributed by atoms with Crippen LogP contribution in [0.25, 0.3) is 0 Å². The normalized spacial score (nSPS) is 10.5. The Morgan fingerprint density at radius 2 is 1.70 bits per heavy atom. The summed E-state index contributed by atoms with van der Waals surface area (Å²) in [6.45, 7) is 0.753. The summed E-state index contributed by atoms with van der Waals surface area (Å²) in [5, 5.41) is 1.76. The Morgan fingerprint density at radius 3 is 2.45 bits per heavy atom. The predicted molar refractivity (Wildman–Crippen MR) is 89.2 cm³/mol. The summed E-state index contributed by atoms with van der Waals surface area (Å²) in [5.41, 5.74) is 2.56. The molecule has 2 aromatic rings. The molecule has 2 aromatic carbocycles. The van der Waals surface area contributed by atoms with Crippen molar-refractivity contribution in [2.75, 3.05) is 11.9 Å². The molecule has 1 nitrogen and oxygen atoms in total. The molecule has 0 aliphatic rings. The Labute approximate surface area is 134 Å². The first-order valence-electron chi connectivity index (χ1n) is 6.80. The highest BCUT2D eigenvalue weighted by atomic mass is 79.9. The maximum atomic E-state index is 5.90. The van der Waals surface area contributed by atoms with Crippen molar-refractivity contribution in [3.05, 3.63) is 64.7 Å². The lowest BCUT2D eigenvalue weighted by Gasteiger charge is -2.11. The van der Waals surface area contributed by atoms with Gasteiger partial charge in [0.15, 0.2) is 0 Å². The van der Waals surface area contributed by atoms with Gasteiger partial charge in [0.2, 0.25) is 0 Å². The zero-order valence-corrected chi connectivity index (χ0v) is 13.7. The van der Waals surface area contributed by atoms with Crippen LogP contribution in [-0.2, 0) is 12.8 Å². The smallest absolute Gasteiger partial charge is 0.122 e. The monoisotopic (exact) mass is 352 g/mol. The summed E-state index contributed by atoms with van der Waals surface area (Å²) >= 11 is 9.32. The standard InChI is InChI=1S/C17H18BrClO/c18-12-3-13-20-17-5-2-1-4-15(17)9-6-14-7-10-16(19)11-8-14/h1-2,4-5,7-8,10-11H,3,6,9,12-13H2. The average molecular weight is 354 g/mol. The molecule has 0 saturated carbocycles. The van der Waals surface area contributed by atoms with Crippen molar-refractivity contribution in [2.24, 2.45) is 0 Å². The van der Waals surface area contributed by atoms with Crippen LogP contribution in [0, 0.1) is 0 Å². The Kier molecular flexibility index (Phi) is 6.41. The first-order valence-corrected chi connectivity index (χ1v) is 8.30. The van der Waals surface area contributed by atoms with E-state index in [-0.39, 0.29) is 0 Å². The molecule has 0 spiro atoms. The van der Waals surface area contributed by atoms with Crippen LogP contribution in [0.15, 0.2) is 48.5 Å². The van der Waals surface area contributed by atoms with Gasteiger partial charge in [0.05, 0.1) is 6.61 Å². The Hall–Kier alpha value is -0.990. The van der Waals surface area contributed by atoms with Gasteiger partial charge >= 0.3 is 0 Å². The third kappa shape index (κ3) is 4.84. The third-order valence-corrected chi connectivity index (χ3v) is 3.92. The minimum absolute atomic E-state index is 0.753. The largest absolute Gasteiger partial charge is 0.493 e. The predicted octanol–water partition coefficient (Wildman–Crippen LogP) is 5.29. The summed E-state index contributed by atoms with van der Waals surface area (Å²) in [6.07, 6.45) is 2.99. The van der Waals surface area contributed by atoms with Gasteiger partial charge in [-0.15, -0.1) is 0 Å². The highest BCUT2D eigenvalue weighted by Crippen LogP contribution is 2.21. The summed E-state index contributed by atoms with van der Waals surface area (Å²) in [4.78, 5) is 0. The lowest BCUT2D eigenvalue weighted by atomic mass is 10.0. The minimum atomic E-state index is 0.753. The maximum absolute atomic E-state index is 5.90. The Bertz CT molecular complexity index is 525. The van der Waals surface area contributed by atoms with Crippen LogP contribution in [-0.4, -0.2) is 11.9 Å². The minimum Gasteiger partial charge on any atom is -0.493 e. The van der Waals surface area contributed by atoms with Crippen LogP contribution in [0.5, 0.6) is 5.75 Å². The molecule has 0 amide bonds. The van der Waals surface area contributed by atoms with Crippen LogP contribution in [0.1, 0.15) is 17.5 Å². The van der Waals surface area contributed by atoms with E-state index >= 15 is 0 Å². The molecule has 0 radical (unpaired) electrons. The summed E-state index contributed by atoms with van der Waals surface area (Å²) in [6, 6.07) is 16.3. The van der Waals surface area contributed by atoms with E-state index in [1.807, 2.05) is 24.3 Å². The first-order chi connectivity index (χ1) is 9.79. The molecular formula is C17H18BrClO. The molecule has 0 bridgehead atoms. The second-order valence-electron chi connectivity index (χ2n) is 4.63.